The number of amides is 2. The molecule has 41 heavy (non-hydrogen) atoms. The maximum Gasteiger partial charge on any atom is 0.333 e. The number of rotatable bonds is 11. The number of carbonyl (C=O) groups excluding carboxylic acids is 3. The van der Waals surface area contributed by atoms with Gasteiger partial charge in [-0.15, -0.1) is 0 Å². The molecule has 0 saturated carbocycles. The van der Waals surface area contributed by atoms with Crippen molar-refractivity contribution in [1.82, 2.24) is 10.2 Å². The fraction of sp³-hybridized carbons (Fsp3) is 0.333. The Hall–Kier alpha value is -4.64. The maximum absolute atomic E-state index is 12.6. The minimum absolute atomic E-state index is 0.101. The molecule has 0 aromatic heterocycles. The van der Waals surface area contributed by atoms with Crippen molar-refractivity contribution in [3.05, 3.63) is 95.6 Å². The van der Waals surface area contributed by atoms with Crippen LogP contribution in [0.25, 0.3) is 0 Å². The van der Waals surface area contributed by atoms with E-state index in [2.05, 4.69) is 11.4 Å². The molecule has 8 heteroatoms. The van der Waals surface area contributed by atoms with Gasteiger partial charge in [-0.3, -0.25) is 9.59 Å². The molecule has 0 unspecified atom stereocenters. The number of carbonyl (C=O) groups is 3. The van der Waals surface area contributed by atoms with Gasteiger partial charge in [0.2, 0.25) is 11.8 Å². The summed E-state index contributed by atoms with van der Waals surface area (Å²) in [5, 5.41) is 11.6. The van der Waals surface area contributed by atoms with Gasteiger partial charge in [-0.1, -0.05) is 42.5 Å². The van der Waals surface area contributed by atoms with Crippen molar-refractivity contribution in [2.45, 2.75) is 51.7 Å². The Morgan fingerprint density at radius 1 is 0.927 bits per heavy atom. The van der Waals surface area contributed by atoms with Gasteiger partial charge in [0.25, 0.3) is 0 Å². The van der Waals surface area contributed by atoms with Gasteiger partial charge in [-0.05, 0) is 79.6 Å². The number of ether oxygens (including phenoxy) is 2. The molecule has 4 rings (SSSR count). The lowest BCUT2D eigenvalue weighted by Crippen LogP contribution is -2.43. The second kappa shape index (κ2) is 14.7. The number of aryl methyl sites for hydroxylation is 1. The van der Waals surface area contributed by atoms with Crippen molar-refractivity contribution in [1.29, 1.82) is 5.26 Å². The lowest BCUT2D eigenvalue weighted by molar-refractivity contribution is -0.139. The highest BCUT2D eigenvalue weighted by Crippen LogP contribution is 2.22. The number of nitrogens with zero attached hydrogens (tertiary/aromatic N) is 2. The van der Waals surface area contributed by atoms with Crippen molar-refractivity contribution in [3.8, 4) is 17.6 Å². The largest absolute Gasteiger partial charge is 0.489 e. The zero-order valence-corrected chi connectivity index (χ0v) is 23.3. The third-order valence-electron chi connectivity index (χ3n) is 7.17. The van der Waals surface area contributed by atoms with Crippen molar-refractivity contribution >= 4 is 17.8 Å². The summed E-state index contributed by atoms with van der Waals surface area (Å²) in [7, 11) is 0. The molecule has 1 fully saturated rings. The standard InChI is InChI=1S/C33H35N3O5/c1-24(33(39)41-30-14-12-29(13-15-30)40-23-28-5-3-2-4-6-28)35-31(37)21-26-17-19-36(20-18-26)32(38)16-11-25-7-9-27(22-34)10-8-25/h2-10,12-15,24,26H,11,16-21,23H2,1H3,(H,35,37)/t24-/m0/s1. The number of piperidine rings is 1. The summed E-state index contributed by atoms with van der Waals surface area (Å²) >= 11 is 0. The normalized spacial score (nSPS) is 14.0. The summed E-state index contributed by atoms with van der Waals surface area (Å²) < 4.78 is 11.2. The number of esters is 1. The minimum atomic E-state index is -0.791. The van der Waals surface area contributed by atoms with Crippen LogP contribution < -0.4 is 14.8 Å². The van der Waals surface area contributed by atoms with Crippen molar-refractivity contribution in [2.24, 2.45) is 5.92 Å². The third-order valence-corrected chi connectivity index (χ3v) is 7.17. The van der Waals surface area contributed by atoms with Crippen LogP contribution in [-0.4, -0.2) is 41.8 Å². The van der Waals surface area contributed by atoms with Gasteiger partial charge in [-0.2, -0.15) is 5.26 Å². The number of likely N-dealkylation sites (tertiary alicyclic amines) is 1. The molecule has 2 amide bonds. The lowest BCUT2D eigenvalue weighted by Gasteiger charge is -2.32. The molecule has 0 aliphatic carbocycles. The Balaban J connectivity index is 1.13. The van der Waals surface area contributed by atoms with E-state index in [-0.39, 0.29) is 17.7 Å². The molecule has 3 aromatic carbocycles. The van der Waals surface area contributed by atoms with Crippen LogP contribution in [0.3, 0.4) is 0 Å². The molecule has 1 heterocycles. The first-order valence-electron chi connectivity index (χ1n) is 13.9. The molecular formula is C33H35N3O5. The summed E-state index contributed by atoms with van der Waals surface area (Å²) in [6.45, 7) is 3.28. The molecule has 1 N–H and O–H groups in total. The Bertz CT molecular complexity index is 1340. The first-order valence-corrected chi connectivity index (χ1v) is 13.9. The Morgan fingerprint density at radius 3 is 2.24 bits per heavy atom. The second-order valence-electron chi connectivity index (χ2n) is 10.3. The predicted molar refractivity (Wildman–Crippen MR) is 154 cm³/mol. The van der Waals surface area contributed by atoms with Crippen LogP contribution in [-0.2, 0) is 27.4 Å². The molecule has 0 spiro atoms. The minimum Gasteiger partial charge on any atom is -0.489 e. The maximum atomic E-state index is 12.6. The summed E-state index contributed by atoms with van der Waals surface area (Å²) in [6, 6.07) is 25.2. The molecule has 8 nitrogen and oxygen atoms in total. The molecule has 3 aromatic rings. The molecule has 0 radical (unpaired) electrons. The number of hydrogen-bond acceptors (Lipinski definition) is 6. The van der Waals surface area contributed by atoms with Crippen LogP contribution in [0, 0.1) is 17.2 Å². The molecule has 1 aliphatic rings. The van der Waals surface area contributed by atoms with E-state index in [1.165, 1.54) is 0 Å². The number of hydrogen-bond donors (Lipinski definition) is 1. The van der Waals surface area contributed by atoms with Gasteiger partial charge in [0.15, 0.2) is 0 Å². The van der Waals surface area contributed by atoms with Gasteiger partial charge >= 0.3 is 5.97 Å². The van der Waals surface area contributed by atoms with Gasteiger partial charge in [-0.25, -0.2) is 4.79 Å². The quantitative estimate of drug-likeness (QED) is 0.270. The zero-order chi connectivity index (χ0) is 29.0. The molecule has 1 aliphatic heterocycles. The fourth-order valence-electron chi connectivity index (χ4n) is 4.71. The van der Waals surface area contributed by atoms with Crippen LogP contribution >= 0.6 is 0 Å². The van der Waals surface area contributed by atoms with Crippen molar-refractivity contribution in [3.63, 3.8) is 0 Å². The Labute approximate surface area is 240 Å². The van der Waals surface area contributed by atoms with Crippen LogP contribution in [0.5, 0.6) is 11.5 Å². The first kappa shape index (κ1) is 29.3. The molecule has 1 atom stereocenters. The molecule has 212 valence electrons. The van der Waals surface area contributed by atoms with E-state index in [0.717, 1.165) is 24.0 Å². The Morgan fingerprint density at radius 2 is 1.59 bits per heavy atom. The second-order valence-corrected chi connectivity index (χ2v) is 10.3. The van der Waals surface area contributed by atoms with E-state index >= 15 is 0 Å². The average molecular weight is 554 g/mol. The third kappa shape index (κ3) is 9.21. The predicted octanol–water partition coefficient (Wildman–Crippen LogP) is 4.81. The van der Waals surface area contributed by atoms with Gasteiger partial charge in [0.1, 0.15) is 24.1 Å². The summed E-state index contributed by atoms with van der Waals surface area (Å²) in [5.41, 5.74) is 2.69. The van der Waals surface area contributed by atoms with E-state index < -0.39 is 12.0 Å². The van der Waals surface area contributed by atoms with E-state index in [1.54, 1.807) is 43.3 Å². The number of benzene rings is 3. The lowest BCUT2D eigenvalue weighted by atomic mass is 9.92. The molecule has 0 bridgehead atoms. The van der Waals surface area contributed by atoms with Crippen LogP contribution in [0.4, 0.5) is 0 Å². The van der Waals surface area contributed by atoms with E-state index in [0.29, 0.717) is 56.0 Å². The van der Waals surface area contributed by atoms with Crippen molar-refractivity contribution in [2.75, 3.05) is 13.1 Å². The molecular weight excluding hydrogens is 518 g/mol. The fourth-order valence-corrected chi connectivity index (χ4v) is 4.71. The SMILES string of the molecule is C[C@H](NC(=O)CC1CCN(C(=O)CCc2ccc(C#N)cc2)CC1)C(=O)Oc1ccc(OCc2ccccc2)cc1. The van der Waals surface area contributed by atoms with E-state index in [4.69, 9.17) is 14.7 Å². The van der Waals surface area contributed by atoms with Gasteiger partial charge < -0.3 is 19.7 Å². The summed E-state index contributed by atoms with van der Waals surface area (Å²) in [6.07, 6.45) is 2.84. The average Bonchev–Trinajstić information content (AvgIpc) is 3.00. The first-order chi connectivity index (χ1) is 19.9. The highest BCUT2D eigenvalue weighted by Gasteiger charge is 2.26. The van der Waals surface area contributed by atoms with Crippen LogP contribution in [0.1, 0.15) is 49.3 Å². The van der Waals surface area contributed by atoms with Crippen LogP contribution in [0.2, 0.25) is 0 Å². The zero-order valence-electron chi connectivity index (χ0n) is 23.3. The number of nitriles is 1. The summed E-state index contributed by atoms with van der Waals surface area (Å²) in [4.78, 5) is 39.6. The molecule has 1 saturated heterocycles. The van der Waals surface area contributed by atoms with Gasteiger partial charge in [0, 0.05) is 25.9 Å². The highest BCUT2D eigenvalue weighted by atomic mass is 16.5. The number of nitrogens with one attached hydrogen (secondary N) is 1. The topological polar surface area (TPSA) is 109 Å². The van der Waals surface area contributed by atoms with E-state index in [1.807, 2.05) is 47.4 Å². The highest BCUT2D eigenvalue weighted by molar-refractivity contribution is 5.85. The monoisotopic (exact) mass is 553 g/mol. The van der Waals surface area contributed by atoms with Crippen molar-refractivity contribution < 1.29 is 23.9 Å². The smallest absolute Gasteiger partial charge is 0.333 e. The summed E-state index contributed by atoms with van der Waals surface area (Å²) in [5.74, 6) is 0.547. The van der Waals surface area contributed by atoms with Crippen LogP contribution in [0.15, 0.2) is 78.9 Å². The van der Waals surface area contributed by atoms with E-state index in [9.17, 15) is 14.4 Å². The van der Waals surface area contributed by atoms with Gasteiger partial charge in [0.05, 0.1) is 11.6 Å². The Kier molecular flexibility index (Phi) is 10.5.